The molecule has 0 saturated carbocycles. The quantitative estimate of drug-likeness (QED) is 0.441. The van der Waals surface area contributed by atoms with Crippen LogP contribution in [0.5, 0.6) is 5.75 Å². The number of phenolic OH excluding ortho intramolecular Hbond substituents is 1. The second-order valence-electron chi connectivity index (χ2n) is 3.74. The smallest absolute Gasteiger partial charge is 0.257 e. The highest BCUT2D eigenvalue weighted by molar-refractivity contribution is 14.1. The maximum atomic E-state index is 12.0. The summed E-state index contributed by atoms with van der Waals surface area (Å²) in [6, 6.07) is 11.7. The van der Waals surface area contributed by atoms with Crippen LogP contribution >= 0.6 is 22.6 Å². The van der Waals surface area contributed by atoms with Crippen molar-refractivity contribution in [1.82, 2.24) is 0 Å². The molecule has 2 aromatic rings. The Labute approximate surface area is 118 Å². The van der Waals surface area contributed by atoms with Gasteiger partial charge in [-0.25, -0.2) is 0 Å². The summed E-state index contributed by atoms with van der Waals surface area (Å²) in [7, 11) is 0. The number of nitrogens with two attached hydrogens (primary N) is 1. The molecule has 4 nitrogen and oxygen atoms in total. The van der Waals surface area contributed by atoms with Crippen molar-refractivity contribution in [2.24, 2.45) is 0 Å². The van der Waals surface area contributed by atoms with Gasteiger partial charge in [0.25, 0.3) is 5.91 Å². The third-order valence-corrected chi connectivity index (χ3v) is 3.03. The molecule has 0 saturated heterocycles. The molecule has 0 unspecified atom stereocenters. The number of benzene rings is 2. The average molecular weight is 354 g/mol. The molecular weight excluding hydrogens is 343 g/mol. The summed E-state index contributed by atoms with van der Waals surface area (Å²) in [4.78, 5) is 12.0. The van der Waals surface area contributed by atoms with Crippen LogP contribution in [-0.4, -0.2) is 11.0 Å². The number of hydrogen-bond donors (Lipinski definition) is 3. The van der Waals surface area contributed by atoms with E-state index in [0.717, 1.165) is 3.57 Å². The van der Waals surface area contributed by atoms with Crippen LogP contribution in [0.1, 0.15) is 10.4 Å². The van der Waals surface area contributed by atoms with Crippen LogP contribution < -0.4 is 11.1 Å². The zero-order valence-electron chi connectivity index (χ0n) is 9.35. The monoisotopic (exact) mass is 354 g/mol. The molecule has 2 aromatic carbocycles. The van der Waals surface area contributed by atoms with Gasteiger partial charge in [0.2, 0.25) is 0 Å². The van der Waals surface area contributed by atoms with Crippen molar-refractivity contribution < 1.29 is 9.90 Å². The maximum absolute atomic E-state index is 12.0. The standard InChI is InChI=1S/C13H11IN2O2/c14-8-2-1-3-9(6-8)16-13(18)11-7-10(17)4-5-12(11)15/h1-7,17H,15H2,(H,16,18). The molecule has 0 fully saturated rings. The van der Waals surface area contributed by atoms with E-state index >= 15 is 0 Å². The van der Waals surface area contributed by atoms with Gasteiger partial charge in [0.15, 0.2) is 0 Å². The van der Waals surface area contributed by atoms with E-state index in [-0.39, 0.29) is 17.2 Å². The zero-order chi connectivity index (χ0) is 13.1. The van der Waals surface area contributed by atoms with Crippen LogP contribution in [0.2, 0.25) is 0 Å². The SMILES string of the molecule is Nc1ccc(O)cc1C(=O)Nc1cccc(I)c1. The van der Waals surface area contributed by atoms with E-state index in [1.54, 1.807) is 6.07 Å². The van der Waals surface area contributed by atoms with Gasteiger partial charge in [-0.3, -0.25) is 4.79 Å². The largest absolute Gasteiger partial charge is 0.508 e. The highest BCUT2D eigenvalue weighted by Crippen LogP contribution is 2.20. The topological polar surface area (TPSA) is 75.3 Å². The van der Waals surface area contributed by atoms with Crippen molar-refractivity contribution in [3.63, 3.8) is 0 Å². The predicted octanol–water partition coefficient (Wildman–Crippen LogP) is 2.83. The van der Waals surface area contributed by atoms with E-state index in [1.807, 2.05) is 18.2 Å². The van der Waals surface area contributed by atoms with E-state index < -0.39 is 0 Å². The lowest BCUT2D eigenvalue weighted by Gasteiger charge is -2.08. The minimum atomic E-state index is -0.342. The minimum Gasteiger partial charge on any atom is -0.508 e. The summed E-state index contributed by atoms with van der Waals surface area (Å²) in [5.74, 6) is -0.331. The fourth-order valence-corrected chi connectivity index (χ4v) is 2.05. The van der Waals surface area contributed by atoms with Crippen LogP contribution in [0.15, 0.2) is 42.5 Å². The number of anilines is 2. The number of nitrogen functional groups attached to an aromatic ring is 1. The first-order chi connectivity index (χ1) is 8.56. The molecule has 0 aliphatic heterocycles. The molecule has 0 aliphatic rings. The number of phenols is 1. The van der Waals surface area contributed by atoms with Gasteiger partial charge in [-0.15, -0.1) is 0 Å². The van der Waals surface area contributed by atoms with E-state index in [0.29, 0.717) is 11.4 Å². The van der Waals surface area contributed by atoms with Crippen LogP contribution in [-0.2, 0) is 0 Å². The molecule has 0 spiro atoms. The number of halogens is 1. The fourth-order valence-electron chi connectivity index (χ4n) is 1.51. The van der Waals surface area contributed by atoms with Gasteiger partial charge in [0.1, 0.15) is 5.75 Å². The van der Waals surface area contributed by atoms with Crippen molar-refractivity contribution in [2.75, 3.05) is 11.1 Å². The number of carbonyl (C=O) groups excluding carboxylic acids is 1. The third kappa shape index (κ3) is 2.92. The highest BCUT2D eigenvalue weighted by Gasteiger charge is 2.10. The van der Waals surface area contributed by atoms with E-state index in [1.165, 1.54) is 18.2 Å². The predicted molar refractivity (Wildman–Crippen MR) is 79.6 cm³/mol. The summed E-state index contributed by atoms with van der Waals surface area (Å²) < 4.78 is 1.02. The van der Waals surface area contributed by atoms with Crippen LogP contribution in [0, 0.1) is 3.57 Å². The Balaban J connectivity index is 2.24. The summed E-state index contributed by atoms with van der Waals surface area (Å²) in [5, 5.41) is 12.1. The highest BCUT2D eigenvalue weighted by atomic mass is 127. The lowest BCUT2D eigenvalue weighted by atomic mass is 10.1. The molecule has 0 radical (unpaired) electrons. The maximum Gasteiger partial charge on any atom is 0.257 e. The van der Waals surface area contributed by atoms with Gasteiger partial charge in [0.05, 0.1) is 5.56 Å². The number of amides is 1. The first kappa shape index (κ1) is 12.7. The number of aromatic hydroxyl groups is 1. The lowest BCUT2D eigenvalue weighted by molar-refractivity contribution is 0.102. The Kier molecular flexibility index (Phi) is 3.71. The van der Waals surface area contributed by atoms with E-state index in [9.17, 15) is 9.90 Å². The Morgan fingerprint density at radius 2 is 2.00 bits per heavy atom. The van der Waals surface area contributed by atoms with Gasteiger partial charge < -0.3 is 16.2 Å². The molecule has 1 amide bonds. The zero-order valence-corrected chi connectivity index (χ0v) is 11.5. The fraction of sp³-hybridized carbons (Fsp3) is 0. The molecule has 0 bridgehead atoms. The van der Waals surface area contributed by atoms with Crippen molar-refractivity contribution in [2.45, 2.75) is 0 Å². The van der Waals surface area contributed by atoms with E-state index in [2.05, 4.69) is 27.9 Å². The van der Waals surface area contributed by atoms with E-state index in [4.69, 9.17) is 5.73 Å². The molecule has 4 N–H and O–H groups in total. The van der Waals surface area contributed by atoms with Crippen molar-refractivity contribution in [3.8, 4) is 5.75 Å². The summed E-state index contributed by atoms with van der Waals surface area (Å²) in [5.41, 5.74) is 6.98. The molecule has 0 aromatic heterocycles. The molecule has 0 aliphatic carbocycles. The molecule has 5 heteroatoms. The Morgan fingerprint density at radius 1 is 1.22 bits per heavy atom. The third-order valence-electron chi connectivity index (χ3n) is 2.36. The number of carbonyl (C=O) groups is 1. The number of rotatable bonds is 2. The van der Waals surface area contributed by atoms with Crippen molar-refractivity contribution in [3.05, 3.63) is 51.6 Å². The Bertz CT molecular complexity index is 599. The molecular formula is C13H11IN2O2. The molecule has 2 rings (SSSR count). The van der Waals surface area contributed by atoms with Crippen LogP contribution in [0.25, 0.3) is 0 Å². The summed E-state index contributed by atoms with van der Waals surface area (Å²) in [6.45, 7) is 0. The molecule has 18 heavy (non-hydrogen) atoms. The number of hydrogen-bond acceptors (Lipinski definition) is 3. The van der Waals surface area contributed by atoms with Crippen LogP contribution in [0.3, 0.4) is 0 Å². The average Bonchev–Trinajstić information content (AvgIpc) is 2.32. The molecule has 0 heterocycles. The van der Waals surface area contributed by atoms with Gasteiger partial charge in [-0.2, -0.15) is 0 Å². The second kappa shape index (κ2) is 5.26. The first-order valence-electron chi connectivity index (χ1n) is 5.21. The van der Waals surface area contributed by atoms with Gasteiger partial charge in [0, 0.05) is 14.9 Å². The summed E-state index contributed by atoms with van der Waals surface area (Å²) >= 11 is 2.16. The van der Waals surface area contributed by atoms with Crippen molar-refractivity contribution in [1.29, 1.82) is 0 Å². The molecule has 0 atom stereocenters. The number of nitrogens with one attached hydrogen (secondary N) is 1. The lowest BCUT2D eigenvalue weighted by Crippen LogP contribution is -2.13. The van der Waals surface area contributed by atoms with Crippen molar-refractivity contribution >= 4 is 39.9 Å². The van der Waals surface area contributed by atoms with Gasteiger partial charge in [-0.1, -0.05) is 6.07 Å². The Hall–Kier alpha value is -1.76. The Morgan fingerprint density at radius 3 is 2.72 bits per heavy atom. The normalized spacial score (nSPS) is 10.1. The van der Waals surface area contributed by atoms with Gasteiger partial charge >= 0.3 is 0 Å². The van der Waals surface area contributed by atoms with Gasteiger partial charge in [-0.05, 0) is 59.0 Å². The van der Waals surface area contributed by atoms with Crippen LogP contribution in [0.4, 0.5) is 11.4 Å². The molecule has 92 valence electrons. The second-order valence-corrected chi connectivity index (χ2v) is 4.98. The summed E-state index contributed by atoms with van der Waals surface area (Å²) in [6.07, 6.45) is 0. The minimum absolute atomic E-state index is 0.0111. The first-order valence-corrected chi connectivity index (χ1v) is 6.29.